The number of piperazine rings is 1. The maximum absolute atomic E-state index is 13.2. The molecule has 33 heavy (non-hydrogen) atoms. The Bertz CT molecular complexity index is 1090. The van der Waals surface area contributed by atoms with Gasteiger partial charge in [0.15, 0.2) is 0 Å². The third-order valence-corrected chi connectivity index (χ3v) is 7.15. The van der Waals surface area contributed by atoms with Crippen molar-refractivity contribution < 1.29 is 9.53 Å². The van der Waals surface area contributed by atoms with Crippen LogP contribution >= 0.6 is 11.3 Å². The van der Waals surface area contributed by atoms with Crippen LogP contribution in [0.2, 0.25) is 0 Å². The molecular formula is C26H32N4O2S. The standard InChI is InChI=1S/C26H32N4O2S/c1-18(2)26-28-24(17-33-26)19-5-7-21(8-6-19)27-25(31)23-10-9-22(32-4)15-20(23)16-30-13-11-29(3)12-14-30/h5-10,15,17-18H,11-14,16H2,1-4H3,(H,27,31). The van der Waals surface area contributed by atoms with Crippen LogP contribution in [0.15, 0.2) is 47.8 Å². The highest BCUT2D eigenvalue weighted by atomic mass is 32.1. The summed E-state index contributed by atoms with van der Waals surface area (Å²) in [5.41, 5.74) is 4.46. The zero-order chi connectivity index (χ0) is 23.4. The van der Waals surface area contributed by atoms with E-state index in [4.69, 9.17) is 9.72 Å². The molecule has 7 heteroatoms. The molecule has 2 aromatic carbocycles. The molecular weight excluding hydrogens is 432 g/mol. The Kier molecular flexibility index (Phi) is 7.42. The average Bonchev–Trinajstić information content (AvgIpc) is 3.32. The van der Waals surface area contributed by atoms with Gasteiger partial charge in [0.1, 0.15) is 5.75 Å². The molecule has 1 fully saturated rings. The highest BCUT2D eigenvalue weighted by molar-refractivity contribution is 7.10. The smallest absolute Gasteiger partial charge is 0.255 e. The SMILES string of the molecule is COc1ccc(C(=O)Nc2ccc(-c3csc(C(C)C)n3)cc2)c(CN2CCN(C)CC2)c1. The van der Waals surface area contributed by atoms with E-state index >= 15 is 0 Å². The monoisotopic (exact) mass is 464 g/mol. The molecule has 0 atom stereocenters. The second-order valence-electron chi connectivity index (χ2n) is 8.86. The molecule has 1 aliphatic rings. The lowest BCUT2D eigenvalue weighted by molar-refractivity contribution is 0.102. The maximum atomic E-state index is 13.2. The van der Waals surface area contributed by atoms with Crippen LogP contribution in [0.4, 0.5) is 5.69 Å². The van der Waals surface area contributed by atoms with E-state index in [0.717, 1.165) is 66.0 Å². The fourth-order valence-electron chi connectivity index (χ4n) is 3.90. The number of ether oxygens (including phenoxy) is 1. The van der Waals surface area contributed by atoms with Gasteiger partial charge in [-0.05, 0) is 42.9 Å². The second kappa shape index (κ2) is 10.5. The molecule has 1 amide bonds. The van der Waals surface area contributed by atoms with E-state index in [1.54, 1.807) is 18.4 Å². The van der Waals surface area contributed by atoms with Crippen molar-refractivity contribution in [1.82, 2.24) is 14.8 Å². The Morgan fingerprint density at radius 3 is 2.48 bits per heavy atom. The van der Waals surface area contributed by atoms with Crippen molar-refractivity contribution in [3.8, 4) is 17.0 Å². The fourth-order valence-corrected chi connectivity index (χ4v) is 4.75. The number of carbonyl (C=O) groups is 1. The highest BCUT2D eigenvalue weighted by Gasteiger charge is 2.19. The number of carbonyl (C=O) groups excluding carboxylic acids is 1. The van der Waals surface area contributed by atoms with Crippen molar-refractivity contribution in [2.75, 3.05) is 45.7 Å². The Balaban J connectivity index is 1.48. The van der Waals surface area contributed by atoms with E-state index in [-0.39, 0.29) is 5.91 Å². The number of methoxy groups -OCH3 is 1. The number of nitrogens with zero attached hydrogens (tertiary/aromatic N) is 3. The Morgan fingerprint density at radius 1 is 1.12 bits per heavy atom. The molecule has 1 aromatic heterocycles. The van der Waals surface area contributed by atoms with Crippen LogP contribution in [-0.2, 0) is 6.54 Å². The summed E-state index contributed by atoms with van der Waals surface area (Å²) in [4.78, 5) is 22.6. The predicted molar refractivity (Wildman–Crippen MR) is 135 cm³/mol. The van der Waals surface area contributed by atoms with Gasteiger partial charge in [0.2, 0.25) is 0 Å². The first-order valence-corrected chi connectivity index (χ1v) is 12.3. The topological polar surface area (TPSA) is 57.7 Å². The van der Waals surface area contributed by atoms with Crippen LogP contribution in [0, 0.1) is 0 Å². The van der Waals surface area contributed by atoms with Crippen molar-refractivity contribution >= 4 is 22.9 Å². The van der Waals surface area contributed by atoms with Crippen molar-refractivity contribution in [2.45, 2.75) is 26.3 Å². The minimum Gasteiger partial charge on any atom is -0.497 e. The third kappa shape index (κ3) is 5.79. The lowest BCUT2D eigenvalue weighted by Gasteiger charge is -2.32. The van der Waals surface area contributed by atoms with Gasteiger partial charge in [-0.3, -0.25) is 9.69 Å². The minimum absolute atomic E-state index is 0.106. The molecule has 6 nitrogen and oxygen atoms in total. The molecule has 0 saturated carbocycles. The number of rotatable bonds is 7. The summed E-state index contributed by atoms with van der Waals surface area (Å²) in [5, 5.41) is 6.28. The molecule has 0 radical (unpaired) electrons. The first-order valence-electron chi connectivity index (χ1n) is 11.4. The molecule has 0 spiro atoms. The van der Waals surface area contributed by atoms with E-state index < -0.39 is 0 Å². The second-order valence-corrected chi connectivity index (χ2v) is 9.75. The number of anilines is 1. The van der Waals surface area contributed by atoms with Crippen LogP contribution < -0.4 is 10.1 Å². The number of hydrogen-bond donors (Lipinski definition) is 1. The summed E-state index contributed by atoms with van der Waals surface area (Å²) in [6, 6.07) is 13.6. The van der Waals surface area contributed by atoms with Gasteiger partial charge in [-0.1, -0.05) is 26.0 Å². The molecule has 0 aliphatic carbocycles. The lowest BCUT2D eigenvalue weighted by Crippen LogP contribution is -2.44. The van der Waals surface area contributed by atoms with Gasteiger partial charge in [0, 0.05) is 60.8 Å². The van der Waals surface area contributed by atoms with Gasteiger partial charge in [0.05, 0.1) is 17.8 Å². The minimum atomic E-state index is -0.106. The summed E-state index contributed by atoms with van der Waals surface area (Å²) < 4.78 is 5.42. The number of aromatic nitrogens is 1. The molecule has 4 rings (SSSR count). The number of benzene rings is 2. The summed E-state index contributed by atoms with van der Waals surface area (Å²) in [6.45, 7) is 9.09. The van der Waals surface area contributed by atoms with Crippen LogP contribution in [0.3, 0.4) is 0 Å². The maximum Gasteiger partial charge on any atom is 0.255 e. The number of hydrogen-bond acceptors (Lipinski definition) is 6. The van der Waals surface area contributed by atoms with Gasteiger partial charge in [-0.15, -0.1) is 11.3 Å². The van der Waals surface area contributed by atoms with Gasteiger partial charge >= 0.3 is 0 Å². The van der Waals surface area contributed by atoms with E-state index in [1.165, 1.54) is 0 Å². The Labute approximate surface area is 200 Å². The summed E-state index contributed by atoms with van der Waals surface area (Å²) in [5.74, 6) is 1.08. The number of nitrogens with one attached hydrogen (secondary N) is 1. The first kappa shape index (κ1) is 23.4. The van der Waals surface area contributed by atoms with Gasteiger partial charge < -0.3 is 15.0 Å². The first-order chi connectivity index (χ1) is 15.9. The number of likely N-dealkylation sites (N-methyl/N-ethyl adjacent to an activating group) is 1. The molecule has 2 heterocycles. The van der Waals surface area contributed by atoms with Crippen molar-refractivity contribution in [3.05, 3.63) is 64.0 Å². The molecule has 1 aliphatic heterocycles. The van der Waals surface area contributed by atoms with Gasteiger partial charge in [-0.25, -0.2) is 4.98 Å². The van der Waals surface area contributed by atoms with Crippen LogP contribution in [0.25, 0.3) is 11.3 Å². The summed E-state index contributed by atoms with van der Waals surface area (Å²) in [7, 11) is 3.80. The van der Waals surface area contributed by atoms with E-state index in [0.29, 0.717) is 11.5 Å². The van der Waals surface area contributed by atoms with E-state index in [9.17, 15) is 4.79 Å². The molecule has 0 bridgehead atoms. The normalized spacial score (nSPS) is 15.1. The highest BCUT2D eigenvalue weighted by Crippen LogP contribution is 2.27. The average molecular weight is 465 g/mol. The predicted octanol–water partition coefficient (Wildman–Crippen LogP) is 4.94. The van der Waals surface area contributed by atoms with Gasteiger partial charge in [-0.2, -0.15) is 0 Å². The van der Waals surface area contributed by atoms with Crippen molar-refractivity contribution in [3.63, 3.8) is 0 Å². The van der Waals surface area contributed by atoms with E-state index in [1.807, 2.05) is 42.5 Å². The summed E-state index contributed by atoms with van der Waals surface area (Å²) >= 11 is 1.69. The van der Waals surface area contributed by atoms with Crippen LogP contribution in [-0.4, -0.2) is 61.0 Å². The quantitative estimate of drug-likeness (QED) is 0.537. The molecule has 0 unspecified atom stereocenters. The summed E-state index contributed by atoms with van der Waals surface area (Å²) in [6.07, 6.45) is 0. The lowest BCUT2D eigenvalue weighted by atomic mass is 10.0. The largest absolute Gasteiger partial charge is 0.497 e. The zero-order valence-corrected chi connectivity index (χ0v) is 20.6. The van der Waals surface area contributed by atoms with Crippen molar-refractivity contribution in [2.24, 2.45) is 0 Å². The number of thiazole rings is 1. The zero-order valence-electron chi connectivity index (χ0n) is 19.8. The third-order valence-electron chi connectivity index (χ3n) is 6.00. The molecule has 174 valence electrons. The number of amides is 1. The van der Waals surface area contributed by atoms with Crippen molar-refractivity contribution in [1.29, 1.82) is 0 Å². The fraction of sp³-hybridized carbons (Fsp3) is 0.385. The Morgan fingerprint density at radius 2 is 1.85 bits per heavy atom. The Hall–Kier alpha value is -2.74. The van der Waals surface area contributed by atoms with Gasteiger partial charge in [0.25, 0.3) is 5.91 Å². The van der Waals surface area contributed by atoms with Crippen LogP contribution in [0.1, 0.15) is 40.7 Å². The molecule has 1 saturated heterocycles. The van der Waals surface area contributed by atoms with E-state index in [2.05, 4.69) is 41.4 Å². The molecule has 1 N–H and O–H groups in total. The van der Waals surface area contributed by atoms with Crippen LogP contribution in [0.5, 0.6) is 5.75 Å². The molecule has 3 aromatic rings.